The lowest BCUT2D eigenvalue weighted by molar-refractivity contribution is -0.145. The first-order valence-electron chi connectivity index (χ1n) is 5.60. The normalized spacial score (nSPS) is 11.7. The van der Waals surface area contributed by atoms with Crippen LogP contribution < -0.4 is 5.32 Å². The minimum atomic E-state index is -0.777. The fourth-order valence-electron chi connectivity index (χ4n) is 1.47. The van der Waals surface area contributed by atoms with Crippen LogP contribution in [-0.4, -0.2) is 32.7 Å². The summed E-state index contributed by atoms with van der Waals surface area (Å²) in [6, 6.07) is 8.18. The molecule has 18 heavy (non-hydrogen) atoms. The highest BCUT2D eigenvalue weighted by Gasteiger charge is 2.22. The van der Waals surface area contributed by atoms with Crippen molar-refractivity contribution in [2.45, 2.75) is 12.5 Å². The lowest BCUT2D eigenvalue weighted by atomic mass is 10.1. The fourth-order valence-corrected chi connectivity index (χ4v) is 1.47. The maximum atomic E-state index is 11.7. The van der Waals surface area contributed by atoms with Gasteiger partial charge in [0.05, 0.1) is 13.7 Å². The van der Waals surface area contributed by atoms with Gasteiger partial charge in [-0.25, -0.2) is 4.79 Å². The van der Waals surface area contributed by atoms with Gasteiger partial charge in [0.15, 0.2) is 6.04 Å². The Balaban J connectivity index is 2.74. The molecule has 0 spiro atoms. The van der Waals surface area contributed by atoms with Gasteiger partial charge in [0.25, 0.3) is 0 Å². The zero-order chi connectivity index (χ0) is 13.4. The maximum absolute atomic E-state index is 11.7. The van der Waals surface area contributed by atoms with Crippen LogP contribution in [0.2, 0.25) is 0 Å². The average Bonchev–Trinajstić information content (AvgIpc) is 2.42. The van der Waals surface area contributed by atoms with E-state index in [-0.39, 0.29) is 12.3 Å². The molecule has 1 N–H and O–H groups in total. The molecule has 0 saturated carbocycles. The third-order valence-electron chi connectivity index (χ3n) is 2.41. The predicted molar refractivity (Wildman–Crippen MR) is 65.8 cm³/mol. The van der Waals surface area contributed by atoms with E-state index in [1.165, 1.54) is 14.2 Å². The molecule has 1 atom stereocenters. The van der Waals surface area contributed by atoms with Crippen LogP contribution in [0, 0.1) is 0 Å². The molecule has 0 saturated heterocycles. The second-order valence-corrected chi connectivity index (χ2v) is 3.68. The van der Waals surface area contributed by atoms with E-state index in [1.54, 1.807) is 24.3 Å². The van der Waals surface area contributed by atoms with Crippen molar-refractivity contribution < 1.29 is 19.1 Å². The van der Waals surface area contributed by atoms with Gasteiger partial charge in [-0.3, -0.25) is 4.79 Å². The molecular weight excluding hydrogens is 234 g/mol. The number of rotatable bonds is 6. The largest absolute Gasteiger partial charge is 0.467 e. The predicted octanol–water partition coefficient (Wildman–Crippen LogP) is 1.05. The Labute approximate surface area is 106 Å². The van der Waals surface area contributed by atoms with Crippen molar-refractivity contribution in [2.24, 2.45) is 0 Å². The van der Waals surface area contributed by atoms with Crippen LogP contribution in [0.3, 0.4) is 0 Å². The van der Waals surface area contributed by atoms with Crippen LogP contribution in [-0.2, 0) is 19.1 Å². The van der Waals surface area contributed by atoms with Gasteiger partial charge in [-0.2, -0.15) is 0 Å². The highest BCUT2D eigenvalue weighted by Crippen LogP contribution is 2.14. The third-order valence-corrected chi connectivity index (χ3v) is 2.41. The molecule has 1 aromatic carbocycles. The molecule has 1 amide bonds. The number of nitrogens with one attached hydrogen (secondary N) is 1. The van der Waals surface area contributed by atoms with Crippen LogP contribution in [0.1, 0.15) is 18.0 Å². The Morgan fingerprint density at radius 1 is 1.22 bits per heavy atom. The van der Waals surface area contributed by atoms with Crippen molar-refractivity contribution in [1.29, 1.82) is 0 Å². The third kappa shape index (κ3) is 4.18. The van der Waals surface area contributed by atoms with E-state index in [9.17, 15) is 9.59 Å². The minimum Gasteiger partial charge on any atom is -0.467 e. The second kappa shape index (κ2) is 7.45. The smallest absolute Gasteiger partial charge is 0.333 e. The summed E-state index contributed by atoms with van der Waals surface area (Å²) in [7, 11) is 2.81. The molecule has 0 heterocycles. The van der Waals surface area contributed by atoms with Gasteiger partial charge in [0.1, 0.15) is 0 Å². The highest BCUT2D eigenvalue weighted by molar-refractivity contribution is 5.85. The van der Waals surface area contributed by atoms with Gasteiger partial charge in [-0.05, 0) is 5.56 Å². The number of ether oxygens (including phenoxy) is 2. The Bertz CT molecular complexity index is 391. The standard InChI is InChI=1S/C13H17NO4/c1-17-9-8-11(15)14-12(13(16)18-2)10-6-4-3-5-7-10/h3-7,12H,8-9H2,1-2H3,(H,14,15). The molecule has 0 aromatic heterocycles. The summed E-state index contributed by atoms with van der Waals surface area (Å²) in [5, 5.41) is 2.63. The zero-order valence-electron chi connectivity index (χ0n) is 10.5. The summed E-state index contributed by atoms with van der Waals surface area (Å²) in [6.45, 7) is 0.314. The Morgan fingerprint density at radius 2 is 1.89 bits per heavy atom. The van der Waals surface area contributed by atoms with E-state index in [2.05, 4.69) is 10.1 Å². The molecule has 0 aliphatic heterocycles. The average molecular weight is 251 g/mol. The van der Waals surface area contributed by atoms with Gasteiger partial charge in [0, 0.05) is 13.5 Å². The van der Waals surface area contributed by atoms with Crippen LogP contribution in [0.15, 0.2) is 30.3 Å². The molecule has 98 valence electrons. The molecule has 5 heteroatoms. The molecule has 0 aliphatic rings. The number of methoxy groups -OCH3 is 2. The number of benzene rings is 1. The van der Waals surface area contributed by atoms with Crippen molar-refractivity contribution in [3.8, 4) is 0 Å². The number of carbonyl (C=O) groups excluding carboxylic acids is 2. The van der Waals surface area contributed by atoms with Crippen LogP contribution in [0.5, 0.6) is 0 Å². The molecule has 0 fully saturated rings. The summed E-state index contributed by atoms with van der Waals surface area (Å²) in [4.78, 5) is 23.3. The quantitative estimate of drug-likeness (QED) is 0.768. The molecule has 0 radical (unpaired) electrons. The summed E-state index contributed by atoms with van der Waals surface area (Å²) in [5.41, 5.74) is 0.690. The fraction of sp³-hybridized carbons (Fsp3) is 0.385. The first-order chi connectivity index (χ1) is 8.69. The minimum absolute atomic E-state index is 0.205. The zero-order valence-corrected chi connectivity index (χ0v) is 10.5. The van der Waals surface area contributed by atoms with Gasteiger partial charge in [-0.15, -0.1) is 0 Å². The number of hydrogen-bond donors (Lipinski definition) is 1. The summed E-state index contributed by atoms with van der Waals surface area (Å²) in [6.07, 6.45) is 0.205. The first kappa shape index (κ1) is 14.2. The van der Waals surface area contributed by atoms with E-state index >= 15 is 0 Å². The molecular formula is C13H17NO4. The summed E-state index contributed by atoms with van der Waals surface area (Å²) < 4.78 is 9.50. The molecule has 1 unspecified atom stereocenters. The summed E-state index contributed by atoms with van der Waals surface area (Å²) in [5.74, 6) is -0.747. The Morgan fingerprint density at radius 3 is 2.44 bits per heavy atom. The van der Waals surface area contributed by atoms with E-state index in [4.69, 9.17) is 4.74 Å². The maximum Gasteiger partial charge on any atom is 0.333 e. The first-order valence-corrected chi connectivity index (χ1v) is 5.60. The Kier molecular flexibility index (Phi) is 5.87. The van der Waals surface area contributed by atoms with Crippen LogP contribution >= 0.6 is 0 Å². The van der Waals surface area contributed by atoms with Gasteiger partial charge in [0.2, 0.25) is 5.91 Å². The molecule has 1 aromatic rings. The van der Waals surface area contributed by atoms with Crippen molar-refractivity contribution in [3.05, 3.63) is 35.9 Å². The SMILES string of the molecule is COCCC(=O)NC(C(=O)OC)c1ccccc1. The second-order valence-electron chi connectivity index (χ2n) is 3.68. The Hall–Kier alpha value is -1.88. The summed E-state index contributed by atoms with van der Waals surface area (Å²) >= 11 is 0. The van der Waals surface area contributed by atoms with Crippen LogP contribution in [0.25, 0.3) is 0 Å². The van der Waals surface area contributed by atoms with Gasteiger partial charge < -0.3 is 14.8 Å². The molecule has 0 aliphatic carbocycles. The van der Waals surface area contributed by atoms with Crippen LogP contribution in [0.4, 0.5) is 0 Å². The van der Waals surface area contributed by atoms with Crippen molar-refractivity contribution in [1.82, 2.24) is 5.32 Å². The topological polar surface area (TPSA) is 64.6 Å². The number of esters is 1. The monoisotopic (exact) mass is 251 g/mol. The molecule has 0 bridgehead atoms. The lowest BCUT2D eigenvalue weighted by Gasteiger charge is -2.16. The molecule has 1 rings (SSSR count). The van der Waals surface area contributed by atoms with Gasteiger partial charge >= 0.3 is 5.97 Å². The number of carbonyl (C=O) groups is 2. The van der Waals surface area contributed by atoms with E-state index in [1.807, 2.05) is 6.07 Å². The van der Waals surface area contributed by atoms with Gasteiger partial charge in [-0.1, -0.05) is 30.3 Å². The number of amides is 1. The lowest BCUT2D eigenvalue weighted by Crippen LogP contribution is -2.34. The molecule has 5 nitrogen and oxygen atoms in total. The van der Waals surface area contributed by atoms with E-state index in [0.29, 0.717) is 12.2 Å². The number of hydrogen-bond acceptors (Lipinski definition) is 4. The van der Waals surface area contributed by atoms with Crippen molar-refractivity contribution in [2.75, 3.05) is 20.8 Å². The highest BCUT2D eigenvalue weighted by atomic mass is 16.5. The van der Waals surface area contributed by atoms with Crippen molar-refractivity contribution >= 4 is 11.9 Å². The van der Waals surface area contributed by atoms with Crippen molar-refractivity contribution in [3.63, 3.8) is 0 Å². The van der Waals surface area contributed by atoms with E-state index in [0.717, 1.165) is 0 Å². The van der Waals surface area contributed by atoms with E-state index < -0.39 is 12.0 Å².